The molecule has 8 heteroatoms. The maximum absolute atomic E-state index is 11.5. The molecule has 0 spiro atoms. The van der Waals surface area contributed by atoms with Gasteiger partial charge < -0.3 is 9.84 Å². The van der Waals surface area contributed by atoms with Gasteiger partial charge in [-0.25, -0.2) is 0 Å². The molecule has 2 unspecified atom stereocenters. The Morgan fingerprint density at radius 2 is 2.22 bits per heavy atom. The van der Waals surface area contributed by atoms with E-state index in [2.05, 4.69) is 10.5 Å². The third-order valence-electron chi connectivity index (χ3n) is 3.96. The summed E-state index contributed by atoms with van der Waals surface area (Å²) in [4.78, 5) is 11.0. The highest BCUT2D eigenvalue weighted by Crippen LogP contribution is 2.34. The van der Waals surface area contributed by atoms with Gasteiger partial charge in [0, 0.05) is 40.0 Å². The molecule has 1 saturated heterocycles. The SMILES string of the molecule is Cc1noc(C)c1-c1ccc(NC2CCS(=O)C2)c([N+](=O)[O-])c1. The molecule has 0 saturated carbocycles. The van der Waals surface area contributed by atoms with Gasteiger partial charge in [0.25, 0.3) is 5.69 Å². The number of anilines is 1. The lowest BCUT2D eigenvalue weighted by Crippen LogP contribution is -2.20. The molecule has 122 valence electrons. The third-order valence-corrected chi connectivity index (χ3v) is 5.42. The van der Waals surface area contributed by atoms with E-state index in [9.17, 15) is 14.3 Å². The Labute approximate surface area is 135 Å². The van der Waals surface area contributed by atoms with Crippen LogP contribution in [0.15, 0.2) is 22.7 Å². The molecular weight excluding hydrogens is 318 g/mol. The van der Waals surface area contributed by atoms with Crippen LogP contribution in [0, 0.1) is 24.0 Å². The zero-order valence-electron chi connectivity index (χ0n) is 12.9. The Bertz CT molecular complexity index is 768. The number of rotatable bonds is 4. The Morgan fingerprint density at radius 1 is 1.43 bits per heavy atom. The number of nitro benzene ring substituents is 1. The fourth-order valence-electron chi connectivity index (χ4n) is 2.85. The fourth-order valence-corrected chi connectivity index (χ4v) is 4.27. The molecule has 2 heterocycles. The standard InChI is InChI=1S/C15H17N3O4S/c1-9-15(10(2)22-17-9)11-3-4-13(14(7-11)18(19)20)16-12-5-6-23(21)8-12/h3-4,7,12,16H,5-6,8H2,1-2H3. The van der Waals surface area contributed by atoms with Gasteiger partial charge in [-0.3, -0.25) is 14.3 Å². The van der Waals surface area contributed by atoms with Crippen LogP contribution in [0.4, 0.5) is 11.4 Å². The van der Waals surface area contributed by atoms with Crippen molar-refractivity contribution in [1.29, 1.82) is 0 Å². The first-order valence-corrected chi connectivity index (χ1v) is 8.77. The van der Waals surface area contributed by atoms with E-state index in [0.717, 1.165) is 12.0 Å². The summed E-state index contributed by atoms with van der Waals surface area (Å²) >= 11 is 0. The molecule has 23 heavy (non-hydrogen) atoms. The van der Waals surface area contributed by atoms with Crippen molar-refractivity contribution in [3.05, 3.63) is 39.8 Å². The lowest BCUT2D eigenvalue weighted by Gasteiger charge is -2.13. The smallest absolute Gasteiger partial charge is 0.292 e. The van der Waals surface area contributed by atoms with Gasteiger partial charge in [-0.2, -0.15) is 0 Å². The topological polar surface area (TPSA) is 98.3 Å². The zero-order valence-corrected chi connectivity index (χ0v) is 13.7. The van der Waals surface area contributed by atoms with E-state index in [-0.39, 0.29) is 11.7 Å². The highest BCUT2D eigenvalue weighted by Gasteiger charge is 2.25. The largest absolute Gasteiger partial charge is 0.376 e. The van der Waals surface area contributed by atoms with E-state index in [0.29, 0.717) is 34.2 Å². The van der Waals surface area contributed by atoms with Gasteiger partial charge in [0.05, 0.1) is 10.6 Å². The highest BCUT2D eigenvalue weighted by atomic mass is 32.2. The van der Waals surface area contributed by atoms with Gasteiger partial charge in [-0.05, 0) is 31.9 Å². The average Bonchev–Trinajstić information content (AvgIpc) is 3.05. The number of hydrogen-bond acceptors (Lipinski definition) is 6. The summed E-state index contributed by atoms with van der Waals surface area (Å²) in [6, 6.07) is 5.05. The van der Waals surface area contributed by atoms with E-state index >= 15 is 0 Å². The zero-order chi connectivity index (χ0) is 16.6. The first kappa shape index (κ1) is 15.7. The minimum Gasteiger partial charge on any atom is -0.376 e. The van der Waals surface area contributed by atoms with E-state index in [4.69, 9.17) is 4.52 Å². The van der Waals surface area contributed by atoms with Crippen molar-refractivity contribution >= 4 is 22.2 Å². The van der Waals surface area contributed by atoms with Gasteiger partial charge in [-0.15, -0.1) is 0 Å². The summed E-state index contributed by atoms with van der Waals surface area (Å²) < 4.78 is 16.6. The van der Waals surface area contributed by atoms with Crippen LogP contribution in [0.1, 0.15) is 17.9 Å². The van der Waals surface area contributed by atoms with Crippen LogP contribution in [0.25, 0.3) is 11.1 Å². The van der Waals surface area contributed by atoms with Crippen LogP contribution in [0.2, 0.25) is 0 Å². The van der Waals surface area contributed by atoms with Crippen LogP contribution in [-0.4, -0.2) is 31.8 Å². The molecule has 1 aliphatic rings. The van der Waals surface area contributed by atoms with Gasteiger partial charge >= 0.3 is 0 Å². The van der Waals surface area contributed by atoms with Crippen LogP contribution in [0.3, 0.4) is 0 Å². The number of nitrogens with one attached hydrogen (secondary N) is 1. The molecular formula is C15H17N3O4S. The predicted molar refractivity (Wildman–Crippen MR) is 88.0 cm³/mol. The lowest BCUT2D eigenvalue weighted by molar-refractivity contribution is -0.383. The molecule has 1 aromatic heterocycles. The fraction of sp³-hybridized carbons (Fsp3) is 0.400. The van der Waals surface area contributed by atoms with Crippen LogP contribution < -0.4 is 5.32 Å². The molecule has 0 radical (unpaired) electrons. The second-order valence-electron chi connectivity index (χ2n) is 5.63. The summed E-state index contributed by atoms with van der Waals surface area (Å²) in [6.07, 6.45) is 0.759. The van der Waals surface area contributed by atoms with Gasteiger partial charge in [0.15, 0.2) is 0 Å². The van der Waals surface area contributed by atoms with Crippen molar-refractivity contribution in [3.63, 3.8) is 0 Å². The number of nitrogens with zero attached hydrogens (tertiary/aromatic N) is 2. The summed E-state index contributed by atoms with van der Waals surface area (Å²) in [7, 11) is -0.832. The summed E-state index contributed by atoms with van der Waals surface area (Å²) in [5.41, 5.74) is 2.63. The normalized spacial score (nSPS) is 20.6. The molecule has 1 N–H and O–H groups in total. The Kier molecular flexibility index (Phi) is 4.16. The van der Waals surface area contributed by atoms with Gasteiger partial charge in [-0.1, -0.05) is 11.2 Å². The average molecular weight is 335 g/mol. The number of benzene rings is 1. The van der Waals surface area contributed by atoms with Crippen LogP contribution in [-0.2, 0) is 10.8 Å². The van der Waals surface area contributed by atoms with Gasteiger partial charge in [0.2, 0.25) is 0 Å². The number of aromatic nitrogens is 1. The number of nitro groups is 1. The van der Waals surface area contributed by atoms with Crippen molar-refractivity contribution in [1.82, 2.24) is 5.16 Å². The Morgan fingerprint density at radius 3 is 2.78 bits per heavy atom. The quantitative estimate of drug-likeness (QED) is 0.681. The molecule has 3 rings (SSSR count). The third kappa shape index (κ3) is 3.12. The number of aryl methyl sites for hydroxylation is 2. The molecule has 2 aromatic rings. The Hall–Kier alpha value is -2.22. The van der Waals surface area contributed by atoms with Crippen molar-refractivity contribution in [2.75, 3.05) is 16.8 Å². The molecule has 0 bridgehead atoms. The minimum atomic E-state index is -0.832. The second kappa shape index (κ2) is 6.11. The monoisotopic (exact) mass is 335 g/mol. The van der Waals surface area contributed by atoms with E-state index in [1.54, 1.807) is 19.9 Å². The van der Waals surface area contributed by atoms with Crippen molar-refractivity contribution in [2.45, 2.75) is 26.3 Å². The van der Waals surface area contributed by atoms with Gasteiger partial charge in [0.1, 0.15) is 11.4 Å². The summed E-state index contributed by atoms with van der Waals surface area (Å²) in [5, 5.41) is 18.5. The Balaban J connectivity index is 1.96. The maximum atomic E-state index is 11.5. The molecule has 1 fully saturated rings. The van der Waals surface area contributed by atoms with E-state index in [1.807, 2.05) is 6.07 Å². The summed E-state index contributed by atoms with van der Waals surface area (Å²) in [5.74, 6) is 1.80. The molecule has 7 nitrogen and oxygen atoms in total. The van der Waals surface area contributed by atoms with E-state index in [1.165, 1.54) is 6.07 Å². The second-order valence-corrected chi connectivity index (χ2v) is 7.25. The van der Waals surface area contributed by atoms with Crippen LogP contribution >= 0.6 is 0 Å². The molecule has 1 aromatic carbocycles. The minimum absolute atomic E-state index is 0.000169. The van der Waals surface area contributed by atoms with Crippen molar-refractivity contribution < 1.29 is 13.7 Å². The first-order valence-electron chi connectivity index (χ1n) is 7.29. The highest BCUT2D eigenvalue weighted by molar-refractivity contribution is 7.85. The van der Waals surface area contributed by atoms with Crippen molar-refractivity contribution in [3.8, 4) is 11.1 Å². The molecule has 2 atom stereocenters. The number of hydrogen-bond donors (Lipinski definition) is 1. The molecule has 0 aliphatic carbocycles. The lowest BCUT2D eigenvalue weighted by atomic mass is 10.0. The molecule has 1 aliphatic heterocycles. The summed E-state index contributed by atoms with van der Waals surface area (Å²) in [6.45, 7) is 3.58. The first-order chi connectivity index (χ1) is 11.0. The van der Waals surface area contributed by atoms with E-state index < -0.39 is 15.7 Å². The van der Waals surface area contributed by atoms with Crippen LogP contribution in [0.5, 0.6) is 0 Å². The maximum Gasteiger partial charge on any atom is 0.292 e. The van der Waals surface area contributed by atoms with Crippen molar-refractivity contribution in [2.24, 2.45) is 0 Å². The molecule has 0 amide bonds. The predicted octanol–water partition coefficient (Wildman–Crippen LogP) is 2.80.